The second-order valence-electron chi connectivity index (χ2n) is 5.57. The third-order valence-corrected chi connectivity index (χ3v) is 3.57. The number of hydrogen-bond donors (Lipinski definition) is 2. The summed E-state index contributed by atoms with van der Waals surface area (Å²) in [4.78, 5) is 0. The highest BCUT2D eigenvalue weighted by atomic mass is 19.4. The van der Waals surface area contributed by atoms with Crippen LogP contribution in [0.15, 0.2) is 54.6 Å². The Morgan fingerprint density at radius 2 is 1.67 bits per heavy atom. The topological polar surface area (TPSA) is 41.5 Å². The number of benzene rings is 2. The molecule has 0 heterocycles. The van der Waals surface area contributed by atoms with Crippen molar-refractivity contribution in [1.82, 2.24) is 5.32 Å². The van der Waals surface area contributed by atoms with Gasteiger partial charge in [0.25, 0.3) is 0 Å². The molecule has 0 bridgehead atoms. The van der Waals surface area contributed by atoms with Gasteiger partial charge in [0, 0.05) is 6.04 Å². The normalized spacial score (nSPS) is 14.2. The molecule has 0 fully saturated rings. The highest BCUT2D eigenvalue weighted by Crippen LogP contribution is 2.22. The Morgan fingerprint density at radius 1 is 1.04 bits per heavy atom. The van der Waals surface area contributed by atoms with Crippen LogP contribution in [0.2, 0.25) is 0 Å². The zero-order valence-corrected chi connectivity index (χ0v) is 13.3. The summed E-state index contributed by atoms with van der Waals surface area (Å²) >= 11 is 0. The van der Waals surface area contributed by atoms with Crippen molar-refractivity contribution < 1.29 is 23.0 Å². The van der Waals surface area contributed by atoms with Gasteiger partial charge in [-0.05, 0) is 30.2 Å². The Labute approximate surface area is 139 Å². The molecule has 0 spiro atoms. The molecular weight excluding hydrogens is 319 g/mol. The third-order valence-electron chi connectivity index (χ3n) is 3.57. The minimum atomic E-state index is -4.30. The van der Waals surface area contributed by atoms with Gasteiger partial charge < -0.3 is 15.2 Å². The van der Waals surface area contributed by atoms with Crippen LogP contribution in [0, 0.1) is 0 Å². The molecule has 2 atom stereocenters. The number of rotatable bonds is 7. The highest BCUT2D eigenvalue weighted by molar-refractivity contribution is 5.29. The van der Waals surface area contributed by atoms with E-state index in [2.05, 4.69) is 5.32 Å². The molecular formula is C18H20F3NO2. The summed E-state index contributed by atoms with van der Waals surface area (Å²) in [5.41, 5.74) is 1.57. The summed E-state index contributed by atoms with van der Waals surface area (Å²) in [5.74, 6) is 0.630. The van der Waals surface area contributed by atoms with E-state index in [9.17, 15) is 18.3 Å². The van der Waals surface area contributed by atoms with E-state index in [4.69, 9.17) is 4.74 Å². The van der Waals surface area contributed by atoms with Crippen molar-refractivity contribution in [3.05, 3.63) is 65.7 Å². The number of halogens is 3. The summed E-state index contributed by atoms with van der Waals surface area (Å²) in [5, 5.41) is 12.4. The highest BCUT2D eigenvalue weighted by Gasteiger charge is 2.28. The molecule has 2 unspecified atom stereocenters. The zero-order valence-electron chi connectivity index (χ0n) is 13.3. The van der Waals surface area contributed by atoms with Crippen LogP contribution in [0.25, 0.3) is 0 Å². The van der Waals surface area contributed by atoms with E-state index in [-0.39, 0.29) is 0 Å². The van der Waals surface area contributed by atoms with E-state index in [0.717, 1.165) is 5.56 Å². The van der Waals surface area contributed by atoms with Gasteiger partial charge >= 0.3 is 6.18 Å². The fraction of sp³-hybridized carbons (Fsp3) is 0.333. The Kier molecular flexibility index (Phi) is 6.23. The number of nitrogens with one attached hydrogen (secondary N) is 1. The minimum absolute atomic E-state index is 0.423. The van der Waals surface area contributed by atoms with Crippen molar-refractivity contribution in [2.75, 3.05) is 6.54 Å². The molecule has 0 aliphatic carbocycles. The first kappa shape index (κ1) is 18.3. The SMILES string of the molecule is CC(NCC(F)(F)F)C(O)c1ccc(OCc2ccccc2)cc1. The molecule has 24 heavy (non-hydrogen) atoms. The van der Waals surface area contributed by atoms with Crippen LogP contribution < -0.4 is 10.1 Å². The fourth-order valence-electron chi connectivity index (χ4n) is 2.18. The standard InChI is InChI=1S/C18H20F3NO2/c1-13(22-12-18(19,20)21)17(23)15-7-9-16(10-8-15)24-11-14-5-3-2-4-6-14/h2-10,13,17,22-23H,11-12H2,1H3. The lowest BCUT2D eigenvalue weighted by molar-refractivity contribution is -0.127. The van der Waals surface area contributed by atoms with Gasteiger partial charge in [0.05, 0.1) is 12.6 Å². The number of aliphatic hydroxyl groups is 1. The first-order chi connectivity index (χ1) is 11.3. The molecule has 6 heteroatoms. The lowest BCUT2D eigenvalue weighted by Crippen LogP contribution is -2.38. The Balaban J connectivity index is 1.88. The van der Waals surface area contributed by atoms with Gasteiger partial charge in [-0.25, -0.2) is 0 Å². The summed E-state index contributed by atoms with van der Waals surface area (Å²) in [6.07, 6.45) is -5.33. The van der Waals surface area contributed by atoms with Gasteiger partial charge in [-0.2, -0.15) is 13.2 Å². The molecule has 0 aliphatic heterocycles. The van der Waals surface area contributed by atoms with Crippen LogP contribution in [0.1, 0.15) is 24.2 Å². The lowest BCUT2D eigenvalue weighted by Gasteiger charge is -2.21. The summed E-state index contributed by atoms with van der Waals surface area (Å²) < 4.78 is 42.2. The largest absolute Gasteiger partial charge is 0.489 e. The first-order valence-electron chi connectivity index (χ1n) is 7.60. The predicted molar refractivity (Wildman–Crippen MR) is 85.7 cm³/mol. The van der Waals surface area contributed by atoms with Crippen LogP contribution in [0.5, 0.6) is 5.75 Å². The maximum absolute atomic E-state index is 12.2. The van der Waals surface area contributed by atoms with Crippen molar-refractivity contribution >= 4 is 0 Å². The monoisotopic (exact) mass is 339 g/mol. The molecule has 2 aromatic rings. The average Bonchev–Trinajstić information content (AvgIpc) is 2.58. The molecule has 2 aromatic carbocycles. The molecule has 2 rings (SSSR count). The van der Waals surface area contributed by atoms with Crippen molar-refractivity contribution in [1.29, 1.82) is 0 Å². The van der Waals surface area contributed by atoms with Crippen LogP contribution in [-0.4, -0.2) is 23.9 Å². The summed E-state index contributed by atoms with van der Waals surface area (Å²) in [6, 6.07) is 15.6. The minimum Gasteiger partial charge on any atom is -0.489 e. The summed E-state index contributed by atoms with van der Waals surface area (Å²) in [7, 11) is 0. The Bertz CT molecular complexity index is 614. The van der Waals surface area contributed by atoms with Gasteiger partial charge in [0.15, 0.2) is 0 Å². The van der Waals surface area contributed by atoms with Crippen molar-refractivity contribution in [3.63, 3.8) is 0 Å². The van der Waals surface area contributed by atoms with E-state index < -0.39 is 24.9 Å². The van der Waals surface area contributed by atoms with Crippen molar-refractivity contribution in [3.8, 4) is 5.75 Å². The molecule has 0 aliphatic rings. The van der Waals surface area contributed by atoms with Crippen molar-refractivity contribution in [2.45, 2.75) is 31.9 Å². The van der Waals surface area contributed by atoms with Gasteiger partial charge in [0.1, 0.15) is 12.4 Å². The van der Waals surface area contributed by atoms with Gasteiger partial charge in [-0.15, -0.1) is 0 Å². The Hall–Kier alpha value is -2.05. The van der Waals surface area contributed by atoms with E-state index in [1.54, 1.807) is 24.3 Å². The van der Waals surface area contributed by atoms with Gasteiger partial charge in [-0.3, -0.25) is 0 Å². The molecule has 3 nitrogen and oxygen atoms in total. The average molecular weight is 339 g/mol. The molecule has 0 amide bonds. The van der Waals surface area contributed by atoms with E-state index in [0.29, 0.717) is 17.9 Å². The van der Waals surface area contributed by atoms with E-state index in [1.807, 2.05) is 30.3 Å². The third kappa shape index (κ3) is 5.86. The second-order valence-corrected chi connectivity index (χ2v) is 5.57. The lowest BCUT2D eigenvalue weighted by atomic mass is 10.0. The first-order valence-corrected chi connectivity index (χ1v) is 7.60. The zero-order chi connectivity index (χ0) is 17.6. The van der Waals surface area contributed by atoms with Gasteiger partial charge in [-0.1, -0.05) is 42.5 Å². The predicted octanol–water partition coefficient (Wildman–Crippen LogP) is 3.84. The quantitative estimate of drug-likeness (QED) is 0.805. The summed E-state index contributed by atoms with van der Waals surface area (Å²) in [6.45, 7) is 0.798. The maximum atomic E-state index is 12.2. The molecule has 0 saturated heterocycles. The van der Waals surface area contributed by atoms with Crippen LogP contribution in [0.4, 0.5) is 13.2 Å². The second kappa shape index (κ2) is 8.17. The number of hydrogen-bond acceptors (Lipinski definition) is 3. The number of ether oxygens (including phenoxy) is 1. The number of aliphatic hydroxyl groups excluding tert-OH is 1. The molecule has 0 aromatic heterocycles. The fourth-order valence-corrected chi connectivity index (χ4v) is 2.18. The van der Waals surface area contributed by atoms with Crippen molar-refractivity contribution in [2.24, 2.45) is 0 Å². The molecule has 0 radical (unpaired) electrons. The van der Waals surface area contributed by atoms with Crippen LogP contribution in [-0.2, 0) is 6.61 Å². The van der Waals surface area contributed by atoms with Gasteiger partial charge in [0.2, 0.25) is 0 Å². The molecule has 0 saturated carbocycles. The molecule has 2 N–H and O–H groups in total. The van der Waals surface area contributed by atoms with E-state index >= 15 is 0 Å². The smallest absolute Gasteiger partial charge is 0.401 e. The maximum Gasteiger partial charge on any atom is 0.401 e. The van der Waals surface area contributed by atoms with Crippen LogP contribution in [0.3, 0.4) is 0 Å². The Morgan fingerprint density at radius 3 is 2.25 bits per heavy atom. The number of alkyl halides is 3. The van der Waals surface area contributed by atoms with Crippen LogP contribution >= 0.6 is 0 Å². The van der Waals surface area contributed by atoms with E-state index in [1.165, 1.54) is 6.92 Å². The molecule has 130 valence electrons.